The topological polar surface area (TPSA) is 293 Å². The normalized spacial score (nSPS) is 15.9. The van der Waals surface area contributed by atoms with Crippen LogP contribution < -0.4 is 97.0 Å². The van der Waals surface area contributed by atoms with Gasteiger partial charge in [-0.2, -0.15) is 9.97 Å². The number of carbonyl (C=O) groups is 3. The van der Waals surface area contributed by atoms with Crippen molar-refractivity contribution in [2.45, 2.75) is 37.8 Å². The van der Waals surface area contributed by atoms with Crippen LogP contribution in [0.15, 0.2) is 123 Å². The van der Waals surface area contributed by atoms with Crippen LogP contribution in [0.1, 0.15) is 25.7 Å². The molecule has 7 N–H and O–H groups in total. The van der Waals surface area contributed by atoms with Crippen molar-refractivity contribution in [3.63, 3.8) is 0 Å². The molecule has 29 heteroatoms. The maximum absolute atomic E-state index is 12.8. The number of benzene rings is 4. The van der Waals surface area contributed by atoms with E-state index >= 15 is 0 Å². The number of nitrogens with zero attached hydrogens (tertiary/aromatic N) is 10. The smallest absolute Gasteiger partial charge is 0.662 e. The average molecular weight is 1360 g/mol. The van der Waals surface area contributed by atoms with Crippen LogP contribution in [0.2, 0.25) is 0 Å². The van der Waals surface area contributed by atoms with Gasteiger partial charge in [-0.25, -0.2) is 9.97 Å². The largest absolute Gasteiger partial charge is 1.00 e. The van der Waals surface area contributed by atoms with Crippen molar-refractivity contribution < 1.29 is 72.7 Å². The number of methoxy groups -OCH3 is 2. The minimum absolute atomic E-state index is 0. The van der Waals surface area contributed by atoms with E-state index < -0.39 is 19.5 Å². The molecule has 4 aromatic carbocycles. The van der Waals surface area contributed by atoms with Crippen LogP contribution in [0.5, 0.6) is 11.5 Å². The summed E-state index contributed by atoms with van der Waals surface area (Å²) in [7, 11) is 2.69. The summed E-state index contributed by atoms with van der Waals surface area (Å²) in [5.41, 5.74) is 12.6. The number of hydrogen-bond acceptors (Lipinski definition) is 24. The molecule has 2 aromatic heterocycles. The molecule has 6 heterocycles. The second-order valence-corrected chi connectivity index (χ2v) is 30.2. The second kappa shape index (κ2) is 36.7. The van der Waals surface area contributed by atoms with Gasteiger partial charge in [0, 0.05) is 126 Å². The fraction of sp³-hybridized carbons (Fsp3) is 0.400. The Hall–Kier alpha value is -7.12. The van der Waals surface area contributed by atoms with Crippen molar-refractivity contribution in [3.05, 3.63) is 123 Å². The third-order valence-electron chi connectivity index (χ3n) is 16.3. The van der Waals surface area contributed by atoms with Gasteiger partial charge < -0.3 is 80.7 Å². The van der Waals surface area contributed by atoms with Crippen molar-refractivity contribution >= 4 is 123 Å². The van der Waals surface area contributed by atoms with E-state index in [0.29, 0.717) is 69.9 Å². The number of piperazine rings is 2. The van der Waals surface area contributed by atoms with Crippen molar-refractivity contribution in [1.82, 2.24) is 39.5 Å². The Morgan fingerprint density at radius 2 is 0.989 bits per heavy atom. The van der Waals surface area contributed by atoms with Gasteiger partial charge in [-0.05, 0) is 139 Å². The summed E-state index contributed by atoms with van der Waals surface area (Å²) in [5, 5.41) is 25.5. The van der Waals surface area contributed by atoms with Crippen LogP contribution in [0.4, 0.5) is 69.0 Å². The Morgan fingerprint density at radius 3 is 1.37 bits per heavy atom. The van der Waals surface area contributed by atoms with Gasteiger partial charge in [0.1, 0.15) is 37.4 Å². The number of rotatable bonds is 20. The standard InChI is InChI=1S/C32H43N8O3P.C29H41N8O2P.C3H3ClO.CH2O3.Na/c1-6-31(41)35-25-21-26(36-32-33-14-11-30(37-32)34-24-9-7-8-10-29(24)44(4,5)42)28(43-3)22-27(25)40-15-12-23(13-16-40)39-19-17-38(2)18-20-39;1-35-15-17-36(18-16-35)21-10-13-37(14-11-21)25-20-26(39-2)24(19-22(25)30)33-29-31-12-9-28(34-29)32-23-7-5-6-8-27(23)40(3,4)38;1-2-3(4)5;2-1-4-3;/h6-11,14,21-23H,1,12-13,15-20H2,2-5H3,(H,35,41)(H2,33,34,36,37);5-9,12,19-21H,10-11,13-18,30H2,1-4H3,(H2,31,32,33,34);2H,1H2;1,3H;/q;;;;+1/p-1. The predicted octanol–water partition coefficient (Wildman–Crippen LogP) is 4.96. The molecule has 6 aromatic rings. The number of aromatic nitrogens is 4. The van der Waals surface area contributed by atoms with Crippen LogP contribution in [0.25, 0.3) is 0 Å². The zero-order valence-corrected chi connectivity index (χ0v) is 59.9. The monoisotopic (exact) mass is 1360 g/mol. The van der Waals surface area contributed by atoms with Crippen molar-refractivity contribution in [1.29, 1.82) is 0 Å². The molecule has 4 aliphatic rings. The van der Waals surface area contributed by atoms with Crippen LogP contribution in [-0.2, 0) is 28.4 Å². The fourth-order valence-corrected chi connectivity index (χ4v) is 13.7. The molecular formula is C65H88ClN16NaO9P2. The maximum Gasteiger partial charge on any atom is 1.00 e. The van der Waals surface area contributed by atoms with Crippen molar-refractivity contribution in [3.8, 4) is 11.5 Å². The summed E-state index contributed by atoms with van der Waals surface area (Å²) in [4.78, 5) is 66.0. The molecule has 0 radical (unpaired) electrons. The number of nitrogen functional groups attached to an aromatic ring is 1. The van der Waals surface area contributed by atoms with E-state index in [0.717, 1.165) is 144 Å². The Kier molecular flexibility index (Phi) is 29.6. The van der Waals surface area contributed by atoms with E-state index in [9.17, 15) is 18.7 Å². The number of carbonyl (C=O) groups excluding carboxylic acids is 3. The van der Waals surface area contributed by atoms with Crippen LogP contribution in [0, 0.1) is 0 Å². The zero-order valence-electron chi connectivity index (χ0n) is 55.3. The molecule has 0 spiro atoms. The molecule has 0 bridgehead atoms. The average Bonchev–Trinajstić information content (AvgIpc) is 0.820. The van der Waals surface area contributed by atoms with Crippen LogP contribution in [0.3, 0.4) is 0 Å². The third kappa shape index (κ3) is 22.2. The summed E-state index contributed by atoms with van der Waals surface area (Å²) in [6, 6.07) is 27.5. The van der Waals surface area contributed by atoms with Gasteiger partial charge in [0.25, 0.3) is 6.47 Å². The molecule has 4 aliphatic heterocycles. The summed E-state index contributed by atoms with van der Waals surface area (Å²) in [6.07, 6.45) is 10.0. The van der Waals surface area contributed by atoms with E-state index in [1.165, 1.54) is 6.08 Å². The Bertz CT molecular complexity index is 3590. The number of piperidine rings is 2. The summed E-state index contributed by atoms with van der Waals surface area (Å²) >= 11 is 4.71. The number of allylic oxidation sites excluding steroid dienone is 1. The molecule has 500 valence electrons. The molecule has 0 saturated carbocycles. The SMILES string of the molecule is C=CC(=O)Cl.C=CC(=O)Nc1cc(Nc2nccc(Nc3ccccc3P(C)(C)=O)n2)c(OC)cc1N1CCC(N2CCN(C)CC2)CC1.COc1cc(N2CCC(N3CCN(C)CC3)CC2)c(N)cc1Nc1nccc(Nc2ccccc2P(C)(C)=O)n1.O=CO[O-].[Na+]. The Labute approximate surface area is 579 Å². The first kappa shape index (κ1) is 75.9. The van der Waals surface area contributed by atoms with Gasteiger partial charge in [-0.1, -0.05) is 37.4 Å². The molecule has 0 atom stereocenters. The first-order valence-electron chi connectivity index (χ1n) is 30.6. The van der Waals surface area contributed by atoms with Crippen LogP contribution >= 0.6 is 25.9 Å². The van der Waals surface area contributed by atoms with E-state index in [2.05, 4.69) is 108 Å². The number of nitrogens with one attached hydrogen (secondary N) is 5. The number of para-hydroxylation sites is 2. The molecule has 0 unspecified atom stereocenters. The Morgan fingerprint density at radius 1 is 0.596 bits per heavy atom. The predicted molar refractivity (Wildman–Crippen MR) is 374 cm³/mol. The van der Waals surface area contributed by atoms with Crippen LogP contribution in [-0.4, -0.2) is 203 Å². The minimum atomic E-state index is -2.51. The maximum atomic E-state index is 12.8. The fourth-order valence-electron chi connectivity index (χ4n) is 11.4. The number of likely N-dealkylation sites (N-methyl/N-ethyl adjacent to an activating group) is 2. The van der Waals surface area contributed by atoms with Gasteiger partial charge >= 0.3 is 29.6 Å². The third-order valence-corrected chi connectivity index (χ3v) is 19.6. The number of anilines is 12. The van der Waals surface area contributed by atoms with Crippen molar-refractivity contribution in [2.24, 2.45) is 0 Å². The number of hydrogen-bond donors (Lipinski definition) is 6. The molecule has 10 rings (SSSR count). The molecule has 4 saturated heterocycles. The van der Waals surface area contributed by atoms with Gasteiger partial charge in [0.2, 0.25) is 23.0 Å². The van der Waals surface area contributed by atoms with Gasteiger partial charge in [0.15, 0.2) is 0 Å². The quantitative estimate of drug-likeness (QED) is 0.00861. The number of ether oxygens (including phenoxy) is 2. The molecule has 1 amide bonds. The number of amides is 1. The van der Waals surface area contributed by atoms with Gasteiger partial charge in [-0.3, -0.25) is 24.2 Å². The Balaban J connectivity index is 0.000000262. The van der Waals surface area contributed by atoms with Gasteiger partial charge in [0.05, 0.1) is 59.7 Å². The first-order valence-corrected chi connectivity index (χ1v) is 36.2. The summed E-state index contributed by atoms with van der Waals surface area (Å²) in [5.74, 6) is 2.85. The number of halogens is 1. The number of nitrogens with two attached hydrogens (primary N) is 1. The second-order valence-electron chi connectivity index (χ2n) is 23.5. The van der Waals surface area contributed by atoms with E-state index in [1.807, 2.05) is 72.8 Å². The summed E-state index contributed by atoms with van der Waals surface area (Å²) in [6.45, 7) is 26.3. The van der Waals surface area contributed by atoms with Gasteiger partial charge in [-0.15, -0.1) is 0 Å². The molecule has 0 aliphatic carbocycles. The minimum Gasteiger partial charge on any atom is -0.662 e. The zero-order chi connectivity index (χ0) is 67.2. The first-order chi connectivity index (χ1) is 44.5. The molecule has 4 fully saturated rings. The summed E-state index contributed by atoms with van der Waals surface area (Å²) < 4.78 is 37.1. The van der Waals surface area contributed by atoms with E-state index in [1.54, 1.807) is 65.4 Å². The van der Waals surface area contributed by atoms with Crippen molar-refractivity contribution in [2.75, 3.05) is 176 Å². The van der Waals surface area contributed by atoms with E-state index in [4.69, 9.17) is 36.9 Å². The molecule has 94 heavy (non-hydrogen) atoms. The van der Waals surface area contributed by atoms with E-state index in [-0.39, 0.29) is 41.9 Å². The molecular weight excluding hydrogens is 1270 g/mol. The molecule has 25 nitrogen and oxygen atoms in total.